The lowest BCUT2D eigenvalue weighted by molar-refractivity contribution is -0.131. The first-order chi connectivity index (χ1) is 10.5. The molecule has 0 spiro atoms. The third-order valence-electron chi connectivity index (χ3n) is 4.14. The monoisotopic (exact) mass is 301 g/mol. The number of H-pyrrole nitrogens is 1. The number of hydrogen-bond donors (Lipinski definition) is 1. The molecule has 3 rings (SSSR count). The van der Waals surface area contributed by atoms with Crippen molar-refractivity contribution in [1.82, 2.24) is 14.8 Å². The molecule has 116 valence electrons. The summed E-state index contributed by atoms with van der Waals surface area (Å²) in [5, 5.41) is 1.02. The first kappa shape index (κ1) is 14.4. The molecule has 0 fully saturated rings. The van der Waals surface area contributed by atoms with Gasteiger partial charge in [-0.05, 0) is 17.7 Å². The fourth-order valence-electron chi connectivity index (χ4n) is 3.09. The summed E-state index contributed by atoms with van der Waals surface area (Å²) < 4.78 is 5.25. The number of ether oxygens (including phenoxy) is 1. The maximum absolute atomic E-state index is 12.5. The van der Waals surface area contributed by atoms with Gasteiger partial charge in [0.1, 0.15) is 5.75 Å². The Balaban J connectivity index is 2.16. The molecule has 22 heavy (non-hydrogen) atoms. The number of fused-ring (bicyclic) bond motifs is 3. The van der Waals surface area contributed by atoms with Crippen LogP contribution < -0.4 is 4.74 Å². The van der Waals surface area contributed by atoms with E-state index in [0.29, 0.717) is 13.1 Å². The number of nitrogens with zero attached hydrogens (tertiary/aromatic N) is 2. The molecule has 0 bridgehead atoms. The summed E-state index contributed by atoms with van der Waals surface area (Å²) >= 11 is 0. The van der Waals surface area contributed by atoms with Gasteiger partial charge in [-0.25, -0.2) is 0 Å². The van der Waals surface area contributed by atoms with Gasteiger partial charge in [0.25, 0.3) is 0 Å². The Morgan fingerprint density at radius 3 is 2.86 bits per heavy atom. The molecule has 0 saturated heterocycles. The summed E-state index contributed by atoms with van der Waals surface area (Å²) in [5.74, 6) is 0.421. The van der Waals surface area contributed by atoms with Crippen LogP contribution in [0.5, 0.6) is 5.75 Å². The largest absolute Gasteiger partial charge is 0.497 e. The summed E-state index contributed by atoms with van der Waals surface area (Å²) in [7, 11) is 5.09. The molecule has 0 radical (unpaired) electrons. The van der Waals surface area contributed by atoms with Gasteiger partial charge in [-0.2, -0.15) is 0 Å². The number of carbonyl (C=O) groups is 2. The lowest BCUT2D eigenvalue weighted by Crippen LogP contribution is -2.40. The predicted octanol–water partition coefficient (Wildman–Crippen LogP) is 1.32. The van der Waals surface area contributed by atoms with Gasteiger partial charge in [-0.3, -0.25) is 9.59 Å². The third-order valence-corrected chi connectivity index (χ3v) is 4.14. The predicted molar refractivity (Wildman–Crippen MR) is 82.8 cm³/mol. The number of aromatic nitrogens is 1. The molecule has 1 atom stereocenters. The number of nitrogens with one attached hydrogen (secondary N) is 1. The van der Waals surface area contributed by atoms with Crippen LogP contribution in [0.3, 0.4) is 0 Å². The standard InChI is InChI=1S/C16H19N3O3/c1-18(2)16(21)12-7-19(9-20)8-14-15(12)11-5-4-10(22-3)6-13(11)17-14/h4-6,9,12,17H,7-8H2,1-3H3. The van der Waals surface area contributed by atoms with Crippen molar-refractivity contribution in [1.29, 1.82) is 0 Å². The van der Waals surface area contributed by atoms with Gasteiger partial charge in [0.15, 0.2) is 0 Å². The van der Waals surface area contributed by atoms with Crippen LogP contribution in [0.25, 0.3) is 10.9 Å². The van der Waals surface area contributed by atoms with Gasteiger partial charge >= 0.3 is 0 Å². The number of hydrogen-bond acceptors (Lipinski definition) is 3. The highest BCUT2D eigenvalue weighted by Crippen LogP contribution is 2.36. The van der Waals surface area contributed by atoms with E-state index in [2.05, 4.69) is 4.98 Å². The van der Waals surface area contributed by atoms with Crippen LogP contribution in [0.4, 0.5) is 0 Å². The maximum Gasteiger partial charge on any atom is 0.231 e. The van der Waals surface area contributed by atoms with Crippen molar-refractivity contribution in [2.45, 2.75) is 12.5 Å². The van der Waals surface area contributed by atoms with Gasteiger partial charge in [-0.15, -0.1) is 0 Å². The number of aromatic amines is 1. The van der Waals surface area contributed by atoms with E-state index in [-0.39, 0.29) is 11.8 Å². The zero-order valence-electron chi connectivity index (χ0n) is 12.9. The quantitative estimate of drug-likeness (QED) is 0.870. The maximum atomic E-state index is 12.5. The molecule has 6 heteroatoms. The molecular formula is C16H19N3O3. The van der Waals surface area contributed by atoms with Crippen molar-refractivity contribution in [3.8, 4) is 5.75 Å². The van der Waals surface area contributed by atoms with E-state index in [4.69, 9.17) is 4.74 Å². The fourth-order valence-corrected chi connectivity index (χ4v) is 3.09. The molecule has 2 amide bonds. The number of benzene rings is 1. The Bertz CT molecular complexity index is 736. The third kappa shape index (κ3) is 2.20. The van der Waals surface area contributed by atoms with Crippen molar-refractivity contribution in [3.05, 3.63) is 29.5 Å². The minimum absolute atomic E-state index is 0.00418. The molecule has 0 aliphatic carbocycles. The van der Waals surface area contributed by atoms with E-state index in [1.807, 2.05) is 18.2 Å². The zero-order valence-corrected chi connectivity index (χ0v) is 12.9. The number of rotatable bonds is 3. The molecule has 1 N–H and O–H groups in total. The average Bonchev–Trinajstić information content (AvgIpc) is 2.90. The fraction of sp³-hybridized carbons (Fsp3) is 0.375. The van der Waals surface area contributed by atoms with E-state index in [0.717, 1.165) is 34.3 Å². The molecular weight excluding hydrogens is 282 g/mol. The highest BCUT2D eigenvalue weighted by Gasteiger charge is 2.34. The summed E-state index contributed by atoms with van der Waals surface area (Å²) in [4.78, 5) is 30.3. The van der Waals surface area contributed by atoms with Crippen molar-refractivity contribution >= 4 is 23.2 Å². The number of methoxy groups -OCH3 is 1. The van der Waals surface area contributed by atoms with Crippen LogP contribution in [-0.4, -0.2) is 54.9 Å². The van der Waals surface area contributed by atoms with E-state index in [9.17, 15) is 9.59 Å². The highest BCUT2D eigenvalue weighted by molar-refractivity contribution is 5.94. The highest BCUT2D eigenvalue weighted by atomic mass is 16.5. The summed E-state index contributed by atoms with van der Waals surface area (Å²) in [6, 6.07) is 5.77. The SMILES string of the molecule is COc1ccc2c3c([nH]c2c1)CN(C=O)CC3C(=O)N(C)C. The van der Waals surface area contributed by atoms with Crippen LogP contribution in [0.1, 0.15) is 17.2 Å². The summed E-state index contributed by atoms with van der Waals surface area (Å²) in [5.41, 5.74) is 2.84. The second kappa shape index (κ2) is 5.36. The Hall–Kier alpha value is -2.50. The van der Waals surface area contributed by atoms with Crippen molar-refractivity contribution < 1.29 is 14.3 Å². The van der Waals surface area contributed by atoms with Crippen LogP contribution >= 0.6 is 0 Å². The average molecular weight is 301 g/mol. The smallest absolute Gasteiger partial charge is 0.231 e. The van der Waals surface area contributed by atoms with E-state index < -0.39 is 0 Å². The van der Waals surface area contributed by atoms with Crippen LogP contribution in [0.2, 0.25) is 0 Å². The minimum atomic E-state index is -0.342. The Morgan fingerprint density at radius 2 is 2.23 bits per heavy atom. The van der Waals surface area contributed by atoms with Crippen molar-refractivity contribution in [3.63, 3.8) is 0 Å². The van der Waals surface area contributed by atoms with E-state index in [1.54, 1.807) is 31.0 Å². The molecule has 1 aliphatic rings. The second-order valence-corrected chi connectivity index (χ2v) is 5.75. The van der Waals surface area contributed by atoms with Gasteiger partial charge in [-0.1, -0.05) is 0 Å². The molecule has 0 saturated carbocycles. The number of amides is 2. The van der Waals surface area contributed by atoms with Crippen LogP contribution in [-0.2, 0) is 16.1 Å². The first-order valence-corrected chi connectivity index (χ1v) is 7.14. The number of carbonyl (C=O) groups excluding carboxylic acids is 2. The van der Waals surface area contributed by atoms with E-state index >= 15 is 0 Å². The Kier molecular flexibility index (Phi) is 3.52. The van der Waals surface area contributed by atoms with Gasteiger partial charge in [0, 0.05) is 43.3 Å². The van der Waals surface area contributed by atoms with Crippen molar-refractivity contribution in [2.75, 3.05) is 27.7 Å². The summed E-state index contributed by atoms with van der Waals surface area (Å²) in [6.07, 6.45) is 0.797. The molecule has 1 unspecified atom stereocenters. The van der Waals surface area contributed by atoms with Gasteiger partial charge in [0.05, 0.1) is 19.6 Å². The molecule has 1 aromatic carbocycles. The first-order valence-electron chi connectivity index (χ1n) is 7.14. The Labute approximate surface area is 128 Å². The van der Waals surface area contributed by atoms with Crippen LogP contribution in [0.15, 0.2) is 18.2 Å². The summed E-state index contributed by atoms with van der Waals surface area (Å²) in [6.45, 7) is 0.902. The molecule has 6 nitrogen and oxygen atoms in total. The second-order valence-electron chi connectivity index (χ2n) is 5.75. The van der Waals surface area contributed by atoms with Crippen molar-refractivity contribution in [2.24, 2.45) is 0 Å². The molecule has 2 aromatic rings. The zero-order chi connectivity index (χ0) is 15.9. The number of likely N-dealkylation sites (N-methyl/N-ethyl adjacent to an activating group) is 1. The van der Waals surface area contributed by atoms with Gasteiger partial charge in [0.2, 0.25) is 12.3 Å². The minimum Gasteiger partial charge on any atom is -0.497 e. The van der Waals surface area contributed by atoms with Gasteiger partial charge < -0.3 is 19.5 Å². The lowest BCUT2D eigenvalue weighted by Gasteiger charge is -2.31. The molecule has 1 aromatic heterocycles. The van der Waals surface area contributed by atoms with E-state index in [1.165, 1.54) is 0 Å². The molecule has 1 aliphatic heterocycles. The lowest BCUT2D eigenvalue weighted by atomic mass is 9.91. The topological polar surface area (TPSA) is 65.6 Å². The Morgan fingerprint density at radius 1 is 1.45 bits per heavy atom. The normalized spacial score (nSPS) is 17.2. The molecule has 2 heterocycles. The van der Waals surface area contributed by atoms with Crippen LogP contribution in [0, 0.1) is 0 Å².